The molecule has 3 nitrogen and oxygen atoms in total. The van der Waals surface area contributed by atoms with Gasteiger partial charge >= 0.3 is 0 Å². The number of aromatic nitrogens is 1. The molecule has 0 spiro atoms. The molecule has 1 aromatic carbocycles. The van der Waals surface area contributed by atoms with Crippen LogP contribution in [0.3, 0.4) is 0 Å². The topological polar surface area (TPSA) is 39.2 Å². The van der Waals surface area contributed by atoms with Crippen LogP contribution in [0.15, 0.2) is 36.5 Å². The summed E-state index contributed by atoms with van der Waals surface area (Å²) in [6.45, 7) is 1.83. The van der Waals surface area contributed by atoms with Crippen molar-refractivity contribution >= 4 is 5.78 Å². The Hall–Kier alpha value is -2.23. The van der Waals surface area contributed by atoms with Gasteiger partial charge in [-0.2, -0.15) is 0 Å². The highest BCUT2D eigenvalue weighted by Gasteiger charge is 2.12. The Balaban J connectivity index is 2.34. The minimum Gasteiger partial charge on any atom is -0.494 e. The number of methoxy groups -OCH3 is 1. The van der Waals surface area contributed by atoms with Gasteiger partial charge in [-0.05, 0) is 37.3 Å². The zero-order valence-electron chi connectivity index (χ0n) is 10.1. The molecule has 0 N–H and O–H groups in total. The Morgan fingerprint density at radius 1 is 1.22 bits per heavy atom. The van der Waals surface area contributed by atoms with Crippen LogP contribution in [0.2, 0.25) is 0 Å². The Labute approximate surface area is 104 Å². The van der Waals surface area contributed by atoms with E-state index in [1.54, 1.807) is 12.1 Å². The number of ether oxygens (including phenoxy) is 1. The van der Waals surface area contributed by atoms with E-state index < -0.39 is 5.82 Å². The quantitative estimate of drug-likeness (QED) is 0.780. The lowest BCUT2D eigenvalue weighted by atomic mass is 10.0. The lowest BCUT2D eigenvalue weighted by Gasteiger charge is -2.04. The van der Waals surface area contributed by atoms with Gasteiger partial charge < -0.3 is 4.74 Å². The van der Waals surface area contributed by atoms with Gasteiger partial charge in [-0.1, -0.05) is 0 Å². The second-order valence-electron chi connectivity index (χ2n) is 3.87. The second kappa shape index (κ2) is 4.96. The van der Waals surface area contributed by atoms with Crippen molar-refractivity contribution in [2.75, 3.05) is 7.11 Å². The molecule has 0 aliphatic rings. The van der Waals surface area contributed by atoms with Crippen molar-refractivity contribution in [3.05, 3.63) is 59.2 Å². The monoisotopic (exact) mass is 245 g/mol. The van der Waals surface area contributed by atoms with Crippen LogP contribution < -0.4 is 4.74 Å². The van der Waals surface area contributed by atoms with Crippen LogP contribution in [0.5, 0.6) is 5.75 Å². The molecular formula is C14H12FNO2. The maximum atomic E-state index is 13.5. The Kier molecular flexibility index (Phi) is 3.37. The minimum atomic E-state index is -0.552. The van der Waals surface area contributed by atoms with Crippen LogP contribution in [0.1, 0.15) is 21.6 Å². The van der Waals surface area contributed by atoms with Crippen LogP contribution in [-0.2, 0) is 0 Å². The molecule has 4 heteroatoms. The number of pyridine rings is 1. The zero-order valence-corrected chi connectivity index (χ0v) is 10.1. The van der Waals surface area contributed by atoms with E-state index in [0.29, 0.717) is 5.56 Å². The minimum absolute atomic E-state index is 0.119. The Morgan fingerprint density at radius 2 is 1.94 bits per heavy atom. The molecule has 0 saturated carbocycles. The van der Waals surface area contributed by atoms with Crippen molar-refractivity contribution in [3.8, 4) is 5.75 Å². The highest BCUT2D eigenvalue weighted by atomic mass is 19.1. The molecule has 0 amide bonds. The number of aryl methyl sites for hydroxylation is 1. The van der Waals surface area contributed by atoms with Gasteiger partial charge in [0.15, 0.2) is 17.3 Å². The van der Waals surface area contributed by atoms with Crippen molar-refractivity contribution in [1.29, 1.82) is 0 Å². The third-order valence-electron chi connectivity index (χ3n) is 2.59. The van der Waals surface area contributed by atoms with E-state index in [1.807, 2.05) is 6.92 Å². The number of nitrogens with zero attached hydrogens (tertiary/aromatic N) is 1. The normalized spacial score (nSPS) is 10.2. The van der Waals surface area contributed by atoms with Gasteiger partial charge in [0.25, 0.3) is 0 Å². The van der Waals surface area contributed by atoms with Gasteiger partial charge in [-0.15, -0.1) is 0 Å². The third kappa shape index (κ3) is 2.37. The molecule has 92 valence electrons. The standard InChI is InChI=1S/C14H12FNO2/c1-9-3-4-11(8-16-9)14(17)10-5-6-13(18-2)12(15)7-10/h3-8H,1-2H3. The summed E-state index contributed by atoms with van der Waals surface area (Å²) in [6, 6.07) is 7.55. The van der Waals surface area contributed by atoms with E-state index >= 15 is 0 Å². The Morgan fingerprint density at radius 3 is 2.50 bits per heavy atom. The van der Waals surface area contributed by atoms with Crippen molar-refractivity contribution in [1.82, 2.24) is 4.98 Å². The van der Waals surface area contributed by atoms with Crippen LogP contribution in [0.25, 0.3) is 0 Å². The number of benzene rings is 1. The molecule has 1 heterocycles. The average molecular weight is 245 g/mol. The average Bonchev–Trinajstić information content (AvgIpc) is 2.38. The van der Waals surface area contributed by atoms with Crippen LogP contribution in [0, 0.1) is 12.7 Å². The van der Waals surface area contributed by atoms with Crippen LogP contribution in [-0.4, -0.2) is 17.9 Å². The van der Waals surface area contributed by atoms with E-state index in [0.717, 1.165) is 5.69 Å². The van der Waals surface area contributed by atoms with Gasteiger partial charge in [0.05, 0.1) is 7.11 Å². The number of hydrogen-bond acceptors (Lipinski definition) is 3. The van der Waals surface area contributed by atoms with E-state index in [-0.39, 0.29) is 17.1 Å². The molecule has 0 radical (unpaired) electrons. The molecule has 0 aliphatic heterocycles. The first-order chi connectivity index (χ1) is 8.61. The lowest BCUT2D eigenvalue weighted by molar-refractivity contribution is 0.103. The summed E-state index contributed by atoms with van der Waals surface area (Å²) >= 11 is 0. The molecule has 0 atom stereocenters. The summed E-state index contributed by atoms with van der Waals surface area (Å²) in [6.07, 6.45) is 1.49. The molecule has 0 unspecified atom stereocenters. The Bertz CT molecular complexity index is 579. The molecular weight excluding hydrogens is 233 g/mol. The molecule has 2 rings (SSSR count). The van der Waals surface area contributed by atoms with Crippen molar-refractivity contribution in [2.24, 2.45) is 0 Å². The zero-order chi connectivity index (χ0) is 13.1. The fraction of sp³-hybridized carbons (Fsp3) is 0.143. The van der Waals surface area contributed by atoms with E-state index in [2.05, 4.69) is 4.98 Å². The van der Waals surface area contributed by atoms with Gasteiger partial charge in [-0.3, -0.25) is 9.78 Å². The van der Waals surface area contributed by atoms with Gasteiger partial charge in [-0.25, -0.2) is 4.39 Å². The fourth-order valence-electron chi connectivity index (χ4n) is 1.58. The van der Waals surface area contributed by atoms with E-state index in [1.165, 1.54) is 31.5 Å². The molecule has 18 heavy (non-hydrogen) atoms. The number of ketones is 1. The van der Waals surface area contributed by atoms with Crippen molar-refractivity contribution in [3.63, 3.8) is 0 Å². The first-order valence-electron chi connectivity index (χ1n) is 5.42. The summed E-state index contributed by atoms with van der Waals surface area (Å²) in [4.78, 5) is 16.1. The van der Waals surface area contributed by atoms with Crippen molar-refractivity contribution in [2.45, 2.75) is 6.92 Å². The van der Waals surface area contributed by atoms with E-state index in [4.69, 9.17) is 4.74 Å². The fourth-order valence-corrected chi connectivity index (χ4v) is 1.58. The largest absolute Gasteiger partial charge is 0.494 e. The molecule has 2 aromatic rings. The second-order valence-corrected chi connectivity index (χ2v) is 3.87. The number of rotatable bonds is 3. The summed E-state index contributed by atoms with van der Waals surface area (Å²) in [5, 5.41) is 0. The number of halogens is 1. The number of carbonyl (C=O) groups excluding carboxylic acids is 1. The van der Waals surface area contributed by atoms with Gasteiger partial charge in [0.2, 0.25) is 0 Å². The van der Waals surface area contributed by atoms with E-state index in [9.17, 15) is 9.18 Å². The molecule has 0 bridgehead atoms. The molecule has 0 fully saturated rings. The summed E-state index contributed by atoms with van der Waals surface area (Å²) < 4.78 is 18.3. The first kappa shape index (κ1) is 12.2. The highest BCUT2D eigenvalue weighted by molar-refractivity contribution is 6.08. The SMILES string of the molecule is COc1ccc(C(=O)c2ccc(C)nc2)cc1F. The summed E-state index contributed by atoms with van der Waals surface area (Å²) in [5.74, 6) is -0.693. The summed E-state index contributed by atoms with van der Waals surface area (Å²) in [7, 11) is 1.38. The number of carbonyl (C=O) groups is 1. The first-order valence-corrected chi connectivity index (χ1v) is 5.42. The summed E-state index contributed by atoms with van der Waals surface area (Å²) in [5.41, 5.74) is 1.54. The molecule has 1 aromatic heterocycles. The predicted molar refractivity (Wildman–Crippen MR) is 65.4 cm³/mol. The van der Waals surface area contributed by atoms with Crippen molar-refractivity contribution < 1.29 is 13.9 Å². The number of hydrogen-bond donors (Lipinski definition) is 0. The molecule has 0 saturated heterocycles. The lowest BCUT2D eigenvalue weighted by Crippen LogP contribution is -2.03. The maximum absolute atomic E-state index is 13.5. The third-order valence-corrected chi connectivity index (χ3v) is 2.59. The van der Waals surface area contributed by atoms with Crippen LogP contribution >= 0.6 is 0 Å². The molecule has 0 aliphatic carbocycles. The van der Waals surface area contributed by atoms with Gasteiger partial charge in [0, 0.05) is 23.0 Å². The maximum Gasteiger partial charge on any atom is 0.194 e. The highest BCUT2D eigenvalue weighted by Crippen LogP contribution is 2.19. The predicted octanol–water partition coefficient (Wildman–Crippen LogP) is 2.77. The smallest absolute Gasteiger partial charge is 0.194 e. The van der Waals surface area contributed by atoms with Crippen LogP contribution in [0.4, 0.5) is 4.39 Å². The van der Waals surface area contributed by atoms with Gasteiger partial charge in [0.1, 0.15) is 0 Å².